The predicted octanol–water partition coefficient (Wildman–Crippen LogP) is 2.28. The highest BCUT2D eigenvalue weighted by Crippen LogP contribution is 2.34. The Bertz CT molecular complexity index is 624. The number of H-pyrrole nitrogens is 1. The first-order chi connectivity index (χ1) is 10.7. The highest BCUT2D eigenvalue weighted by molar-refractivity contribution is 8.00. The number of rotatable bonds is 5. The van der Waals surface area contributed by atoms with Gasteiger partial charge in [-0.15, -0.1) is 5.10 Å². The number of nitrogens with zero attached hydrogens (tertiary/aromatic N) is 2. The smallest absolute Gasteiger partial charge is 0.238 e. The number of nitrogens with two attached hydrogens (primary N) is 1. The predicted molar refractivity (Wildman–Crippen MR) is 86.2 cm³/mol. The lowest BCUT2D eigenvalue weighted by Gasteiger charge is -2.18. The Balaban J connectivity index is 1.77. The molecule has 1 aliphatic rings. The normalized spacial score (nSPS) is 16.5. The van der Waals surface area contributed by atoms with Gasteiger partial charge in [-0.3, -0.25) is 4.79 Å². The zero-order valence-electron chi connectivity index (χ0n) is 12.2. The van der Waals surface area contributed by atoms with Gasteiger partial charge in [0.2, 0.25) is 17.0 Å². The molecule has 1 aromatic carbocycles. The fourth-order valence-corrected chi connectivity index (χ4v) is 3.59. The molecule has 1 aliphatic carbocycles. The third kappa shape index (κ3) is 3.59. The van der Waals surface area contributed by atoms with Gasteiger partial charge in [-0.25, -0.2) is 5.10 Å². The maximum atomic E-state index is 12.7. The van der Waals surface area contributed by atoms with Crippen molar-refractivity contribution in [1.29, 1.82) is 0 Å². The second-order valence-corrected chi connectivity index (χ2v) is 6.47. The van der Waals surface area contributed by atoms with E-state index in [-0.39, 0.29) is 23.1 Å². The minimum Gasteiger partial charge on any atom is -0.368 e. The Morgan fingerprint density at radius 2 is 2.05 bits per heavy atom. The second-order valence-electron chi connectivity index (χ2n) is 5.40. The largest absolute Gasteiger partial charge is 0.368 e. The maximum Gasteiger partial charge on any atom is 0.238 e. The van der Waals surface area contributed by atoms with E-state index in [1.807, 2.05) is 30.3 Å². The molecule has 22 heavy (non-hydrogen) atoms. The molecule has 2 aromatic rings. The topological polar surface area (TPSA) is 96.7 Å². The second kappa shape index (κ2) is 6.83. The Morgan fingerprint density at radius 3 is 2.68 bits per heavy atom. The van der Waals surface area contributed by atoms with Crippen LogP contribution in [0.4, 0.5) is 5.95 Å². The molecule has 1 fully saturated rings. The van der Waals surface area contributed by atoms with Gasteiger partial charge >= 0.3 is 0 Å². The summed E-state index contributed by atoms with van der Waals surface area (Å²) in [4.78, 5) is 16.8. The van der Waals surface area contributed by atoms with E-state index in [0.29, 0.717) is 5.16 Å². The van der Waals surface area contributed by atoms with Gasteiger partial charge in [-0.1, -0.05) is 54.9 Å². The summed E-state index contributed by atoms with van der Waals surface area (Å²) in [5, 5.41) is 9.87. The van der Waals surface area contributed by atoms with Crippen LogP contribution in [0.25, 0.3) is 0 Å². The summed E-state index contributed by atoms with van der Waals surface area (Å²) in [6, 6.07) is 9.97. The van der Waals surface area contributed by atoms with Crippen molar-refractivity contribution in [2.45, 2.75) is 42.1 Å². The van der Waals surface area contributed by atoms with Crippen LogP contribution in [0.15, 0.2) is 35.5 Å². The minimum absolute atomic E-state index is 0.00599. The Kier molecular flexibility index (Phi) is 4.62. The average Bonchev–Trinajstić information content (AvgIpc) is 3.17. The molecule has 1 heterocycles. The van der Waals surface area contributed by atoms with Gasteiger partial charge in [0.1, 0.15) is 5.25 Å². The number of aromatic amines is 1. The molecular weight excluding hydrogens is 298 g/mol. The number of hydrogen-bond acceptors (Lipinski definition) is 5. The van der Waals surface area contributed by atoms with Crippen LogP contribution in [0.5, 0.6) is 0 Å². The van der Waals surface area contributed by atoms with Crippen LogP contribution in [0.2, 0.25) is 0 Å². The molecule has 4 N–H and O–H groups in total. The molecule has 3 rings (SSSR count). The van der Waals surface area contributed by atoms with Crippen LogP contribution in [0.3, 0.4) is 0 Å². The molecular formula is C15H19N5OS. The molecule has 0 bridgehead atoms. The number of benzene rings is 1. The molecule has 0 radical (unpaired) electrons. The zero-order chi connectivity index (χ0) is 15.4. The number of hydrogen-bond donors (Lipinski definition) is 3. The van der Waals surface area contributed by atoms with Gasteiger partial charge in [0, 0.05) is 6.04 Å². The van der Waals surface area contributed by atoms with Gasteiger partial charge in [-0.2, -0.15) is 4.98 Å². The maximum absolute atomic E-state index is 12.7. The average molecular weight is 317 g/mol. The molecule has 6 nitrogen and oxygen atoms in total. The number of carbonyl (C=O) groups is 1. The molecule has 0 saturated heterocycles. The lowest BCUT2D eigenvalue weighted by Crippen LogP contribution is -2.35. The van der Waals surface area contributed by atoms with Gasteiger partial charge in [0.25, 0.3) is 0 Å². The quantitative estimate of drug-likeness (QED) is 0.735. The van der Waals surface area contributed by atoms with E-state index >= 15 is 0 Å². The number of aromatic nitrogens is 3. The first kappa shape index (κ1) is 14.9. The Hall–Kier alpha value is -2.02. The summed E-state index contributed by atoms with van der Waals surface area (Å²) < 4.78 is 0. The third-order valence-electron chi connectivity index (χ3n) is 3.75. The summed E-state index contributed by atoms with van der Waals surface area (Å²) in [6.07, 6.45) is 4.49. The standard InChI is InChI=1S/C15H19N5OS/c16-14-18-15(20-19-14)22-12(10-6-2-1-3-7-10)13(21)17-11-8-4-5-9-11/h1-3,6-7,11-12H,4-5,8-9H2,(H,17,21)(H3,16,18,19,20)/t12-/m1/s1. The van der Waals surface area contributed by atoms with Crippen LogP contribution in [0.1, 0.15) is 36.5 Å². The van der Waals surface area contributed by atoms with E-state index in [4.69, 9.17) is 5.73 Å². The third-order valence-corrected chi connectivity index (χ3v) is 4.86. The fourth-order valence-electron chi connectivity index (χ4n) is 2.66. The first-order valence-electron chi connectivity index (χ1n) is 7.42. The van der Waals surface area contributed by atoms with Crippen molar-refractivity contribution in [2.75, 3.05) is 5.73 Å². The van der Waals surface area contributed by atoms with Crippen molar-refractivity contribution in [3.63, 3.8) is 0 Å². The van der Waals surface area contributed by atoms with Crippen molar-refractivity contribution >= 4 is 23.6 Å². The summed E-state index contributed by atoms with van der Waals surface area (Å²) in [5.74, 6) is 0.261. The molecule has 0 aliphatic heterocycles. The summed E-state index contributed by atoms with van der Waals surface area (Å²) >= 11 is 1.31. The summed E-state index contributed by atoms with van der Waals surface area (Å²) in [6.45, 7) is 0. The van der Waals surface area contributed by atoms with Crippen LogP contribution in [-0.2, 0) is 4.79 Å². The number of anilines is 1. The van der Waals surface area contributed by atoms with Crippen molar-refractivity contribution in [2.24, 2.45) is 0 Å². The van der Waals surface area contributed by atoms with E-state index in [1.165, 1.54) is 24.6 Å². The van der Waals surface area contributed by atoms with Crippen molar-refractivity contribution < 1.29 is 4.79 Å². The van der Waals surface area contributed by atoms with Gasteiger partial charge < -0.3 is 11.1 Å². The molecule has 116 valence electrons. The number of nitrogen functional groups attached to an aromatic ring is 1. The van der Waals surface area contributed by atoms with Crippen molar-refractivity contribution in [3.8, 4) is 0 Å². The van der Waals surface area contributed by atoms with E-state index < -0.39 is 0 Å². The fraction of sp³-hybridized carbons (Fsp3) is 0.400. The van der Waals surface area contributed by atoms with E-state index in [0.717, 1.165) is 18.4 Å². The minimum atomic E-state index is -0.378. The van der Waals surface area contributed by atoms with E-state index in [9.17, 15) is 4.79 Å². The van der Waals surface area contributed by atoms with Crippen molar-refractivity contribution in [3.05, 3.63) is 35.9 Å². The van der Waals surface area contributed by atoms with Gasteiger partial charge in [0.15, 0.2) is 0 Å². The Labute approximate surface area is 133 Å². The molecule has 1 saturated carbocycles. The zero-order valence-corrected chi connectivity index (χ0v) is 13.0. The molecule has 7 heteroatoms. The van der Waals surface area contributed by atoms with Crippen LogP contribution >= 0.6 is 11.8 Å². The lowest BCUT2D eigenvalue weighted by molar-refractivity contribution is -0.121. The number of thioether (sulfide) groups is 1. The molecule has 0 spiro atoms. The number of nitrogens with one attached hydrogen (secondary N) is 2. The SMILES string of the molecule is Nc1nc(S[C@@H](C(=O)NC2CCCC2)c2ccccc2)n[nH]1. The van der Waals surface area contributed by atoms with E-state index in [2.05, 4.69) is 20.5 Å². The highest BCUT2D eigenvalue weighted by atomic mass is 32.2. The first-order valence-corrected chi connectivity index (χ1v) is 8.30. The van der Waals surface area contributed by atoms with Gasteiger partial charge in [0.05, 0.1) is 0 Å². The number of carbonyl (C=O) groups excluding carboxylic acids is 1. The monoisotopic (exact) mass is 317 g/mol. The Morgan fingerprint density at radius 1 is 1.32 bits per heavy atom. The van der Waals surface area contributed by atoms with Crippen LogP contribution < -0.4 is 11.1 Å². The van der Waals surface area contributed by atoms with E-state index in [1.54, 1.807) is 0 Å². The van der Waals surface area contributed by atoms with Crippen LogP contribution in [0, 0.1) is 0 Å². The molecule has 1 aromatic heterocycles. The summed E-state index contributed by atoms with van der Waals surface area (Å²) in [5.41, 5.74) is 6.49. The highest BCUT2D eigenvalue weighted by Gasteiger charge is 2.27. The molecule has 1 amide bonds. The molecule has 1 atom stereocenters. The van der Waals surface area contributed by atoms with Crippen molar-refractivity contribution in [1.82, 2.24) is 20.5 Å². The van der Waals surface area contributed by atoms with Crippen LogP contribution in [-0.4, -0.2) is 27.1 Å². The molecule has 0 unspecified atom stereocenters. The number of amides is 1. The van der Waals surface area contributed by atoms with Gasteiger partial charge in [-0.05, 0) is 18.4 Å². The summed E-state index contributed by atoms with van der Waals surface area (Å²) in [7, 11) is 0. The lowest BCUT2D eigenvalue weighted by atomic mass is 10.1.